The van der Waals surface area contributed by atoms with E-state index in [2.05, 4.69) is 25.3 Å². The number of nitrogens with zero attached hydrogens (tertiary/aromatic N) is 2. The maximum Gasteiger partial charge on any atom is 0.573 e. The molecule has 2 aromatic carbocycles. The molecule has 1 aromatic heterocycles. The number of hydrogen-bond donors (Lipinski definition) is 2. The maximum absolute atomic E-state index is 12.6. The fourth-order valence-corrected chi connectivity index (χ4v) is 2.84. The third kappa shape index (κ3) is 5.31. The van der Waals surface area contributed by atoms with Gasteiger partial charge >= 0.3 is 6.36 Å². The molecule has 0 radical (unpaired) electrons. The Bertz CT molecular complexity index is 1040. The van der Waals surface area contributed by atoms with Crippen LogP contribution in [0.25, 0.3) is 11.3 Å². The minimum Gasteiger partial charge on any atom is -0.497 e. The van der Waals surface area contributed by atoms with E-state index in [-0.39, 0.29) is 5.75 Å². The molecule has 1 aliphatic rings. The summed E-state index contributed by atoms with van der Waals surface area (Å²) in [6.07, 6.45) is -2.70. The van der Waals surface area contributed by atoms with Crippen molar-refractivity contribution in [1.29, 1.82) is 0 Å². The molecule has 3 aromatic rings. The van der Waals surface area contributed by atoms with Crippen LogP contribution >= 0.6 is 0 Å². The molecular formula is C21H19F3N4O2. The molecule has 0 aliphatic heterocycles. The Morgan fingerprint density at radius 3 is 2.47 bits per heavy atom. The summed E-state index contributed by atoms with van der Waals surface area (Å²) < 4.78 is 47.0. The quantitative estimate of drug-likeness (QED) is 0.540. The van der Waals surface area contributed by atoms with Gasteiger partial charge in [0.25, 0.3) is 0 Å². The van der Waals surface area contributed by atoms with Crippen LogP contribution in [0.4, 0.5) is 30.6 Å². The molecule has 4 rings (SSSR count). The molecule has 0 amide bonds. The van der Waals surface area contributed by atoms with Crippen LogP contribution in [-0.4, -0.2) is 29.5 Å². The number of rotatable bonds is 7. The zero-order chi connectivity index (χ0) is 21.1. The van der Waals surface area contributed by atoms with Gasteiger partial charge in [0, 0.05) is 29.4 Å². The van der Waals surface area contributed by atoms with Gasteiger partial charge in [-0.2, -0.15) is 4.98 Å². The van der Waals surface area contributed by atoms with Crippen molar-refractivity contribution >= 4 is 17.5 Å². The second-order valence-electron chi connectivity index (χ2n) is 6.81. The molecule has 0 saturated heterocycles. The summed E-state index contributed by atoms with van der Waals surface area (Å²) in [5.41, 5.74) is 1.70. The van der Waals surface area contributed by atoms with Crippen LogP contribution in [-0.2, 0) is 0 Å². The van der Waals surface area contributed by atoms with Crippen molar-refractivity contribution in [2.45, 2.75) is 25.2 Å². The van der Waals surface area contributed by atoms with E-state index < -0.39 is 6.36 Å². The molecule has 2 N–H and O–H groups in total. The Hall–Kier alpha value is -3.49. The van der Waals surface area contributed by atoms with E-state index in [9.17, 15) is 13.2 Å². The summed E-state index contributed by atoms with van der Waals surface area (Å²) in [6.45, 7) is 0. The number of anilines is 3. The van der Waals surface area contributed by atoms with Crippen molar-refractivity contribution in [2.75, 3.05) is 17.7 Å². The molecule has 9 heteroatoms. The van der Waals surface area contributed by atoms with Gasteiger partial charge in [0.05, 0.1) is 12.8 Å². The normalized spacial score (nSPS) is 13.6. The Balaban J connectivity index is 1.67. The monoisotopic (exact) mass is 416 g/mol. The van der Waals surface area contributed by atoms with E-state index >= 15 is 0 Å². The van der Waals surface area contributed by atoms with E-state index in [0.29, 0.717) is 34.8 Å². The highest BCUT2D eigenvalue weighted by Crippen LogP contribution is 2.31. The number of halogens is 3. The lowest BCUT2D eigenvalue weighted by Gasteiger charge is -2.13. The van der Waals surface area contributed by atoms with Crippen LogP contribution in [0.15, 0.2) is 54.6 Å². The molecule has 1 aliphatic carbocycles. The Kier molecular flexibility index (Phi) is 5.35. The Morgan fingerprint density at radius 1 is 0.967 bits per heavy atom. The van der Waals surface area contributed by atoms with Gasteiger partial charge in [0.15, 0.2) is 0 Å². The second-order valence-corrected chi connectivity index (χ2v) is 6.81. The molecule has 0 atom stereocenters. The number of nitrogens with one attached hydrogen (secondary N) is 2. The molecule has 0 spiro atoms. The molecule has 6 nitrogen and oxygen atoms in total. The first kappa shape index (κ1) is 19.8. The minimum absolute atomic E-state index is 0.308. The number of benzene rings is 2. The molecular weight excluding hydrogens is 397 g/mol. The zero-order valence-electron chi connectivity index (χ0n) is 16.0. The van der Waals surface area contributed by atoms with E-state index in [0.717, 1.165) is 18.5 Å². The molecule has 0 bridgehead atoms. The molecule has 1 heterocycles. The minimum atomic E-state index is -4.76. The predicted molar refractivity (Wildman–Crippen MR) is 107 cm³/mol. The van der Waals surface area contributed by atoms with Crippen molar-refractivity contribution in [3.05, 3.63) is 54.6 Å². The van der Waals surface area contributed by atoms with Gasteiger partial charge < -0.3 is 20.1 Å². The van der Waals surface area contributed by atoms with Crippen LogP contribution in [0.3, 0.4) is 0 Å². The van der Waals surface area contributed by atoms with Crippen LogP contribution in [0.5, 0.6) is 11.5 Å². The maximum atomic E-state index is 12.6. The highest BCUT2D eigenvalue weighted by Gasteiger charge is 2.31. The van der Waals surface area contributed by atoms with Gasteiger partial charge in [-0.15, -0.1) is 13.2 Å². The van der Waals surface area contributed by atoms with Gasteiger partial charge in [-0.1, -0.05) is 18.2 Å². The summed E-state index contributed by atoms with van der Waals surface area (Å²) >= 11 is 0. The molecule has 1 saturated carbocycles. The van der Waals surface area contributed by atoms with Crippen molar-refractivity contribution < 1.29 is 22.6 Å². The van der Waals surface area contributed by atoms with Gasteiger partial charge in [0.1, 0.15) is 17.3 Å². The zero-order valence-corrected chi connectivity index (χ0v) is 16.0. The fourth-order valence-electron chi connectivity index (χ4n) is 2.84. The van der Waals surface area contributed by atoms with Crippen LogP contribution < -0.4 is 20.1 Å². The summed E-state index contributed by atoms with van der Waals surface area (Å²) in [5, 5.41) is 6.42. The standard InChI is InChI=1S/C21H19F3N4O2/c1-29-16-6-3-5-15(11-16)25-19-12-18(27-20(28-19)26-14-8-9-14)13-4-2-7-17(10-13)30-21(22,23)24/h2-7,10-12,14H,8-9H2,1H3,(H2,25,26,27,28). The number of ether oxygens (including phenoxy) is 2. The highest BCUT2D eigenvalue weighted by atomic mass is 19.4. The third-order valence-corrected chi connectivity index (χ3v) is 4.34. The first-order chi connectivity index (χ1) is 14.4. The first-order valence-corrected chi connectivity index (χ1v) is 9.31. The number of aromatic nitrogens is 2. The van der Waals surface area contributed by atoms with E-state index in [1.807, 2.05) is 24.3 Å². The average molecular weight is 416 g/mol. The molecule has 1 fully saturated rings. The Labute approximate surface area is 171 Å². The SMILES string of the molecule is COc1cccc(Nc2cc(-c3cccc(OC(F)(F)F)c3)nc(NC3CC3)n2)c1. The number of alkyl halides is 3. The van der Waals surface area contributed by atoms with Crippen molar-refractivity contribution in [2.24, 2.45) is 0 Å². The highest BCUT2D eigenvalue weighted by molar-refractivity contribution is 5.69. The molecule has 30 heavy (non-hydrogen) atoms. The Morgan fingerprint density at radius 2 is 1.73 bits per heavy atom. The number of hydrogen-bond acceptors (Lipinski definition) is 6. The summed E-state index contributed by atoms with van der Waals surface area (Å²) in [6, 6.07) is 15.0. The van der Waals surface area contributed by atoms with Crippen molar-refractivity contribution in [3.8, 4) is 22.8 Å². The lowest BCUT2D eigenvalue weighted by atomic mass is 10.1. The third-order valence-electron chi connectivity index (χ3n) is 4.34. The van der Waals surface area contributed by atoms with E-state index in [1.54, 1.807) is 19.2 Å². The summed E-state index contributed by atoms with van der Waals surface area (Å²) in [5.74, 6) is 1.28. The van der Waals surface area contributed by atoms with E-state index in [4.69, 9.17) is 4.74 Å². The van der Waals surface area contributed by atoms with Gasteiger partial charge in [-0.3, -0.25) is 0 Å². The van der Waals surface area contributed by atoms with E-state index in [1.165, 1.54) is 18.2 Å². The smallest absolute Gasteiger partial charge is 0.497 e. The number of methoxy groups -OCH3 is 1. The van der Waals surface area contributed by atoms with Gasteiger partial charge in [-0.25, -0.2) is 4.98 Å². The van der Waals surface area contributed by atoms with Gasteiger partial charge in [-0.05, 0) is 37.1 Å². The van der Waals surface area contributed by atoms with Gasteiger partial charge in [0.2, 0.25) is 5.95 Å². The predicted octanol–water partition coefficient (Wildman–Crippen LogP) is 5.37. The lowest BCUT2D eigenvalue weighted by Crippen LogP contribution is -2.17. The van der Waals surface area contributed by atoms with Crippen LogP contribution in [0.1, 0.15) is 12.8 Å². The summed E-state index contributed by atoms with van der Waals surface area (Å²) in [4.78, 5) is 8.96. The second kappa shape index (κ2) is 8.10. The fraction of sp³-hybridized carbons (Fsp3) is 0.238. The summed E-state index contributed by atoms with van der Waals surface area (Å²) in [7, 11) is 1.58. The van der Waals surface area contributed by atoms with Crippen LogP contribution in [0, 0.1) is 0 Å². The first-order valence-electron chi connectivity index (χ1n) is 9.31. The van der Waals surface area contributed by atoms with Crippen molar-refractivity contribution in [1.82, 2.24) is 9.97 Å². The van der Waals surface area contributed by atoms with Crippen LogP contribution in [0.2, 0.25) is 0 Å². The molecule has 0 unspecified atom stereocenters. The largest absolute Gasteiger partial charge is 0.573 e. The molecule has 156 valence electrons. The lowest BCUT2D eigenvalue weighted by molar-refractivity contribution is -0.274. The average Bonchev–Trinajstić information content (AvgIpc) is 3.51. The van der Waals surface area contributed by atoms with Crippen molar-refractivity contribution in [3.63, 3.8) is 0 Å². The topological polar surface area (TPSA) is 68.3 Å².